The lowest BCUT2D eigenvalue weighted by Gasteiger charge is -2.33. The number of benzene rings is 2. The van der Waals surface area contributed by atoms with Crippen LogP contribution in [0.5, 0.6) is 17.2 Å². The molecule has 3 rings (SSSR count). The van der Waals surface area contributed by atoms with Gasteiger partial charge in [0.25, 0.3) is 0 Å². The number of ketones is 1. The summed E-state index contributed by atoms with van der Waals surface area (Å²) < 4.78 is 6.45. The average Bonchev–Trinajstić information content (AvgIpc) is 2.82. The Morgan fingerprint density at radius 1 is 1.06 bits per heavy atom. The van der Waals surface area contributed by atoms with Crippen molar-refractivity contribution in [1.29, 1.82) is 0 Å². The van der Waals surface area contributed by atoms with E-state index in [-0.39, 0.29) is 17.1 Å². The normalized spacial score (nSPS) is 16.2. The van der Waals surface area contributed by atoms with E-state index in [9.17, 15) is 19.8 Å². The molecule has 2 N–H and O–H groups in total. The molecular weight excluding hydrogens is 452 g/mol. The third-order valence-corrected chi connectivity index (χ3v) is 6.09. The Labute approximate surface area is 213 Å². The van der Waals surface area contributed by atoms with E-state index in [0.717, 1.165) is 24.0 Å². The smallest absolute Gasteiger partial charge is 0.189 e. The molecule has 0 aliphatic carbocycles. The number of carbonyl (C=O) groups excluding carboxylic acids is 2. The summed E-state index contributed by atoms with van der Waals surface area (Å²) in [6, 6.07) is 6.06. The second kappa shape index (κ2) is 11.3. The maximum Gasteiger partial charge on any atom is 0.189 e. The lowest BCUT2D eigenvalue weighted by atomic mass is 9.90. The molecule has 0 fully saturated rings. The van der Waals surface area contributed by atoms with Gasteiger partial charge in [-0.3, -0.25) is 9.59 Å². The van der Waals surface area contributed by atoms with Gasteiger partial charge in [-0.25, -0.2) is 0 Å². The lowest BCUT2D eigenvalue weighted by Crippen LogP contribution is -2.32. The minimum Gasteiger partial charge on any atom is -0.507 e. The predicted molar refractivity (Wildman–Crippen MR) is 145 cm³/mol. The van der Waals surface area contributed by atoms with E-state index >= 15 is 0 Å². The van der Waals surface area contributed by atoms with Gasteiger partial charge < -0.3 is 14.9 Å². The van der Waals surface area contributed by atoms with Crippen LogP contribution in [0, 0.1) is 0 Å². The SMILES string of the molecule is CC(C)=CCCC1(C)C=Cc2c(O)c(C(=O)/C=C/c3cc(C=O)ccc3O)cc(CC=C(C)C)c2O1. The zero-order chi connectivity index (χ0) is 26.5. The lowest BCUT2D eigenvalue weighted by molar-refractivity contribution is 0.104. The fourth-order valence-electron chi connectivity index (χ4n) is 4.01. The Kier molecular flexibility index (Phi) is 8.36. The zero-order valence-electron chi connectivity index (χ0n) is 21.6. The van der Waals surface area contributed by atoms with Crippen molar-refractivity contribution in [3.63, 3.8) is 0 Å². The quantitative estimate of drug-likeness (QED) is 0.169. The van der Waals surface area contributed by atoms with Crippen LogP contribution in [0.2, 0.25) is 0 Å². The first kappa shape index (κ1) is 26.7. The van der Waals surface area contributed by atoms with Gasteiger partial charge >= 0.3 is 0 Å². The number of phenols is 2. The van der Waals surface area contributed by atoms with E-state index in [1.54, 1.807) is 6.07 Å². The summed E-state index contributed by atoms with van der Waals surface area (Å²) in [6.45, 7) is 10.2. The topological polar surface area (TPSA) is 83.8 Å². The molecule has 0 spiro atoms. The molecule has 2 aromatic rings. The first-order valence-corrected chi connectivity index (χ1v) is 12.1. The third-order valence-electron chi connectivity index (χ3n) is 6.09. The molecule has 1 aliphatic rings. The zero-order valence-corrected chi connectivity index (χ0v) is 21.6. The molecule has 0 radical (unpaired) electrons. The Morgan fingerprint density at radius 3 is 2.44 bits per heavy atom. The van der Waals surface area contributed by atoms with Gasteiger partial charge in [-0.15, -0.1) is 0 Å². The van der Waals surface area contributed by atoms with Gasteiger partial charge in [0.1, 0.15) is 29.1 Å². The van der Waals surface area contributed by atoms with Crippen molar-refractivity contribution in [1.82, 2.24) is 0 Å². The minimum atomic E-state index is -0.530. The molecule has 1 aliphatic heterocycles. The van der Waals surface area contributed by atoms with E-state index < -0.39 is 11.4 Å². The van der Waals surface area contributed by atoms with Crippen molar-refractivity contribution >= 4 is 24.2 Å². The van der Waals surface area contributed by atoms with Crippen molar-refractivity contribution in [2.24, 2.45) is 0 Å². The second-order valence-corrected chi connectivity index (χ2v) is 9.86. The molecule has 0 bridgehead atoms. The van der Waals surface area contributed by atoms with Gasteiger partial charge in [0.2, 0.25) is 0 Å². The highest BCUT2D eigenvalue weighted by atomic mass is 16.5. The molecule has 5 nitrogen and oxygen atoms in total. The Balaban J connectivity index is 2.01. The molecule has 0 saturated carbocycles. The minimum absolute atomic E-state index is 0.0488. The number of rotatable bonds is 9. The standard InChI is InChI=1S/C31H34O5/c1-20(2)7-6-15-31(5)16-14-25-29(35)26(18-24(30(25)36-31)10-8-21(3)4)28(34)13-11-23-17-22(19-32)9-12-27(23)33/h7-9,11-14,16-19,33,35H,6,10,15H2,1-5H3/b13-11+. The number of phenolic OH excluding ortho intramolecular Hbond substituents is 2. The van der Waals surface area contributed by atoms with E-state index in [4.69, 9.17) is 4.74 Å². The van der Waals surface area contributed by atoms with Gasteiger partial charge in [0.05, 0.1) is 11.1 Å². The van der Waals surface area contributed by atoms with E-state index in [2.05, 4.69) is 26.0 Å². The Morgan fingerprint density at radius 2 is 1.78 bits per heavy atom. The maximum absolute atomic E-state index is 13.1. The van der Waals surface area contributed by atoms with Crippen molar-refractivity contribution in [3.8, 4) is 17.2 Å². The largest absolute Gasteiger partial charge is 0.507 e. The van der Waals surface area contributed by atoms with Crippen molar-refractivity contribution in [3.05, 3.63) is 87.5 Å². The Hall–Kier alpha value is -3.86. The van der Waals surface area contributed by atoms with Gasteiger partial charge in [-0.05, 0) is 108 Å². The van der Waals surface area contributed by atoms with Crippen LogP contribution in [0.4, 0.5) is 0 Å². The summed E-state index contributed by atoms with van der Waals surface area (Å²) in [5, 5.41) is 21.1. The summed E-state index contributed by atoms with van der Waals surface area (Å²) in [7, 11) is 0. The molecule has 188 valence electrons. The number of hydrogen-bond donors (Lipinski definition) is 2. The van der Waals surface area contributed by atoms with Crippen LogP contribution in [0.1, 0.15) is 84.9 Å². The summed E-state index contributed by atoms with van der Waals surface area (Å²) in [4.78, 5) is 24.2. The van der Waals surface area contributed by atoms with Crippen LogP contribution in [0.3, 0.4) is 0 Å². The van der Waals surface area contributed by atoms with Crippen molar-refractivity contribution in [2.75, 3.05) is 0 Å². The summed E-state index contributed by atoms with van der Waals surface area (Å²) in [6.07, 6.45) is 13.6. The molecule has 1 atom stereocenters. The molecule has 1 unspecified atom stereocenters. The third kappa shape index (κ3) is 6.42. The van der Waals surface area contributed by atoms with Crippen molar-refractivity contribution < 1.29 is 24.5 Å². The molecule has 0 amide bonds. The molecule has 1 heterocycles. The maximum atomic E-state index is 13.1. The van der Waals surface area contributed by atoms with Gasteiger partial charge in [0.15, 0.2) is 5.78 Å². The highest BCUT2D eigenvalue weighted by Crippen LogP contribution is 2.43. The highest BCUT2D eigenvalue weighted by molar-refractivity contribution is 6.10. The van der Waals surface area contributed by atoms with Crippen LogP contribution in [0.15, 0.2) is 59.7 Å². The summed E-state index contributed by atoms with van der Waals surface area (Å²) in [5.74, 6) is -0.0274. The monoisotopic (exact) mass is 486 g/mol. The number of aldehydes is 1. The Bertz CT molecular complexity index is 1280. The molecule has 2 aromatic carbocycles. The number of fused-ring (bicyclic) bond motifs is 1. The number of carbonyl (C=O) groups is 2. The predicted octanol–water partition coefficient (Wildman–Crippen LogP) is 7.23. The number of hydrogen-bond acceptors (Lipinski definition) is 5. The van der Waals surface area contributed by atoms with Crippen LogP contribution in [-0.2, 0) is 6.42 Å². The second-order valence-electron chi connectivity index (χ2n) is 9.86. The molecule has 5 heteroatoms. The van der Waals surface area contributed by atoms with Crippen LogP contribution in [0.25, 0.3) is 12.2 Å². The van der Waals surface area contributed by atoms with Gasteiger partial charge in [0, 0.05) is 11.1 Å². The summed E-state index contributed by atoms with van der Waals surface area (Å²) in [5.41, 5.74) is 4.02. The van der Waals surface area contributed by atoms with Gasteiger partial charge in [-0.1, -0.05) is 23.3 Å². The number of ether oxygens (including phenoxy) is 1. The van der Waals surface area contributed by atoms with Crippen molar-refractivity contribution in [2.45, 2.75) is 59.5 Å². The van der Waals surface area contributed by atoms with E-state index in [0.29, 0.717) is 35.1 Å². The first-order chi connectivity index (χ1) is 17.0. The van der Waals surface area contributed by atoms with Crippen LogP contribution in [-0.4, -0.2) is 27.9 Å². The molecular formula is C31H34O5. The van der Waals surface area contributed by atoms with E-state index in [1.807, 2.05) is 32.9 Å². The number of allylic oxidation sites excluding steroid dienone is 5. The molecule has 36 heavy (non-hydrogen) atoms. The molecule has 0 saturated heterocycles. The molecule has 0 aromatic heterocycles. The fraction of sp³-hybridized carbons (Fsp3) is 0.290. The number of aromatic hydroxyl groups is 2. The fourth-order valence-corrected chi connectivity index (χ4v) is 4.01. The first-order valence-electron chi connectivity index (χ1n) is 12.1. The van der Waals surface area contributed by atoms with Crippen LogP contribution < -0.4 is 4.74 Å². The average molecular weight is 487 g/mol. The summed E-state index contributed by atoms with van der Waals surface area (Å²) >= 11 is 0. The highest BCUT2D eigenvalue weighted by Gasteiger charge is 2.31. The van der Waals surface area contributed by atoms with Gasteiger partial charge in [-0.2, -0.15) is 0 Å². The van der Waals surface area contributed by atoms with E-state index in [1.165, 1.54) is 35.9 Å². The van der Waals surface area contributed by atoms with Crippen LogP contribution >= 0.6 is 0 Å².